The van der Waals surface area contributed by atoms with Crippen molar-refractivity contribution in [3.8, 4) is 11.3 Å². The highest BCUT2D eigenvalue weighted by Gasteiger charge is 2.30. The summed E-state index contributed by atoms with van der Waals surface area (Å²) in [4.78, 5) is 14.1. The number of nitrogens with one attached hydrogen (secondary N) is 2. The third-order valence-corrected chi connectivity index (χ3v) is 6.93. The zero-order valence-corrected chi connectivity index (χ0v) is 18.0. The lowest BCUT2D eigenvalue weighted by Gasteiger charge is -2.12. The first-order chi connectivity index (χ1) is 14.7. The number of amides is 1. The van der Waals surface area contributed by atoms with Crippen LogP contribution in [0.3, 0.4) is 0 Å². The minimum absolute atomic E-state index is 0.104. The van der Waals surface area contributed by atoms with Gasteiger partial charge in [0.25, 0.3) is 15.9 Å². The first kappa shape index (κ1) is 19.3. The number of hydrogen-bond acceptors (Lipinski definition) is 4. The number of aromatic amines is 1. The second-order valence-corrected chi connectivity index (χ2v) is 9.47. The van der Waals surface area contributed by atoms with Gasteiger partial charge in [-0.3, -0.25) is 14.6 Å². The molecule has 0 atom stereocenters. The predicted molar refractivity (Wildman–Crippen MR) is 121 cm³/mol. The Labute approximate surface area is 179 Å². The molecule has 5 rings (SSSR count). The van der Waals surface area contributed by atoms with Crippen molar-refractivity contribution in [2.75, 3.05) is 16.7 Å². The monoisotopic (exact) mass is 432 g/mol. The second-order valence-electron chi connectivity index (χ2n) is 7.82. The molecule has 0 saturated carbocycles. The minimum Gasteiger partial charge on any atom is -0.311 e. The van der Waals surface area contributed by atoms with E-state index in [2.05, 4.69) is 21.0 Å². The van der Waals surface area contributed by atoms with Crippen LogP contribution in [0, 0.1) is 13.8 Å². The van der Waals surface area contributed by atoms with Gasteiger partial charge in [-0.1, -0.05) is 29.3 Å². The molecule has 2 heterocycles. The number of aryl methyl sites for hydroxylation is 2. The van der Waals surface area contributed by atoms with Gasteiger partial charge in [-0.05, 0) is 44.2 Å². The van der Waals surface area contributed by atoms with Crippen molar-refractivity contribution < 1.29 is 13.2 Å². The maximum absolute atomic E-state index is 13.2. The van der Waals surface area contributed by atoms with Gasteiger partial charge in [0.15, 0.2) is 5.82 Å². The van der Waals surface area contributed by atoms with Crippen LogP contribution in [0.1, 0.15) is 21.5 Å². The summed E-state index contributed by atoms with van der Waals surface area (Å²) in [6, 6.07) is 16.1. The molecule has 0 spiro atoms. The Morgan fingerprint density at radius 3 is 2.48 bits per heavy atom. The van der Waals surface area contributed by atoms with Crippen molar-refractivity contribution in [1.82, 2.24) is 10.2 Å². The Morgan fingerprint density at radius 2 is 1.74 bits per heavy atom. The Hall–Kier alpha value is -3.65. The highest BCUT2D eigenvalue weighted by molar-refractivity contribution is 7.93. The van der Waals surface area contributed by atoms with Crippen LogP contribution in [-0.4, -0.2) is 31.6 Å². The van der Waals surface area contributed by atoms with Crippen molar-refractivity contribution in [1.29, 1.82) is 0 Å². The lowest BCUT2D eigenvalue weighted by molar-refractivity contribution is 0.0999. The van der Waals surface area contributed by atoms with Gasteiger partial charge >= 0.3 is 0 Å². The Kier molecular flexibility index (Phi) is 4.16. The molecule has 1 amide bonds. The number of sulfonamides is 1. The normalized spacial score (nSPS) is 13.3. The fraction of sp³-hybridized carbons (Fsp3) is 0.130. The van der Waals surface area contributed by atoms with Crippen molar-refractivity contribution in [2.24, 2.45) is 0 Å². The van der Waals surface area contributed by atoms with Gasteiger partial charge in [-0.2, -0.15) is 5.10 Å². The van der Waals surface area contributed by atoms with Gasteiger partial charge in [-0.15, -0.1) is 0 Å². The topological polar surface area (TPSA) is 95.2 Å². The lowest BCUT2D eigenvalue weighted by atomic mass is 10.1. The van der Waals surface area contributed by atoms with E-state index in [9.17, 15) is 13.2 Å². The molecular weight excluding hydrogens is 412 g/mol. The molecule has 3 aromatic carbocycles. The quantitative estimate of drug-likeness (QED) is 0.504. The first-order valence-electron chi connectivity index (χ1n) is 9.75. The third-order valence-electron chi connectivity index (χ3n) is 5.51. The maximum atomic E-state index is 13.2. The van der Waals surface area contributed by atoms with Gasteiger partial charge < -0.3 is 4.90 Å². The Balaban J connectivity index is 1.54. The maximum Gasteiger partial charge on any atom is 0.263 e. The number of rotatable bonds is 4. The number of carbonyl (C=O) groups excluding carboxylic acids is 1. The van der Waals surface area contributed by atoms with Gasteiger partial charge in [0.1, 0.15) is 0 Å². The average Bonchev–Trinajstić information content (AvgIpc) is 3.27. The Bertz CT molecular complexity index is 1470. The van der Waals surface area contributed by atoms with Gasteiger partial charge in [0, 0.05) is 35.0 Å². The van der Waals surface area contributed by atoms with E-state index in [0.29, 0.717) is 22.0 Å². The first-order valence-corrected chi connectivity index (χ1v) is 11.2. The molecular formula is C23H20N4O3S. The van der Waals surface area contributed by atoms with Crippen LogP contribution >= 0.6 is 0 Å². The molecule has 8 heteroatoms. The van der Waals surface area contributed by atoms with Crippen LogP contribution in [0.5, 0.6) is 0 Å². The second kappa shape index (κ2) is 6.68. The van der Waals surface area contributed by atoms with Crippen LogP contribution in [0.2, 0.25) is 0 Å². The molecule has 1 aliphatic rings. The minimum atomic E-state index is -3.93. The average molecular weight is 433 g/mol. The SMILES string of the molecule is Cc1cc(C)cc(-c2cc(NS(=O)(=O)c3ccc4c5c(cccc35)C(=O)N4C)n[nH]2)c1. The van der Waals surface area contributed by atoms with Crippen molar-refractivity contribution >= 4 is 38.2 Å². The molecule has 0 unspecified atom stereocenters. The summed E-state index contributed by atoms with van der Waals surface area (Å²) >= 11 is 0. The van der Waals surface area contributed by atoms with E-state index in [1.54, 1.807) is 37.4 Å². The highest BCUT2D eigenvalue weighted by Crippen LogP contribution is 2.39. The van der Waals surface area contributed by atoms with Crippen LogP contribution in [0.15, 0.2) is 59.5 Å². The molecule has 1 aliphatic heterocycles. The van der Waals surface area contributed by atoms with Crippen LogP contribution in [-0.2, 0) is 10.0 Å². The van der Waals surface area contributed by atoms with Gasteiger partial charge in [-0.25, -0.2) is 8.42 Å². The zero-order valence-electron chi connectivity index (χ0n) is 17.2. The number of nitrogens with zero attached hydrogens (tertiary/aromatic N) is 2. The number of benzene rings is 3. The fourth-order valence-electron chi connectivity index (χ4n) is 4.19. The summed E-state index contributed by atoms with van der Waals surface area (Å²) in [5.74, 6) is 0.0547. The summed E-state index contributed by atoms with van der Waals surface area (Å²) in [5.41, 5.74) is 5.08. The largest absolute Gasteiger partial charge is 0.311 e. The molecule has 4 aromatic rings. The summed E-state index contributed by atoms with van der Waals surface area (Å²) in [6.45, 7) is 4.02. The van der Waals surface area contributed by atoms with Crippen molar-refractivity contribution in [2.45, 2.75) is 18.7 Å². The molecule has 1 aromatic heterocycles. The van der Waals surface area contributed by atoms with Crippen LogP contribution < -0.4 is 9.62 Å². The predicted octanol–water partition coefficient (Wildman–Crippen LogP) is 4.24. The Morgan fingerprint density at radius 1 is 1.00 bits per heavy atom. The van der Waals surface area contributed by atoms with Crippen molar-refractivity contribution in [3.05, 3.63) is 71.3 Å². The molecule has 0 bridgehead atoms. The van der Waals surface area contributed by atoms with E-state index in [0.717, 1.165) is 22.4 Å². The van der Waals surface area contributed by atoms with Gasteiger partial charge in [0.2, 0.25) is 0 Å². The number of carbonyl (C=O) groups is 1. The molecule has 31 heavy (non-hydrogen) atoms. The smallest absolute Gasteiger partial charge is 0.263 e. The molecule has 0 fully saturated rings. The van der Waals surface area contributed by atoms with Gasteiger partial charge in [0.05, 0.1) is 16.3 Å². The summed E-state index contributed by atoms with van der Waals surface area (Å²) in [5, 5.41) is 8.19. The molecule has 156 valence electrons. The zero-order chi connectivity index (χ0) is 21.9. The van der Waals surface area contributed by atoms with E-state index >= 15 is 0 Å². The van der Waals surface area contributed by atoms with E-state index in [1.165, 1.54) is 11.0 Å². The van der Waals surface area contributed by atoms with Crippen molar-refractivity contribution in [3.63, 3.8) is 0 Å². The van der Waals surface area contributed by atoms with E-state index in [4.69, 9.17) is 0 Å². The van der Waals surface area contributed by atoms with E-state index < -0.39 is 10.0 Å². The fourth-order valence-corrected chi connectivity index (χ4v) is 5.38. The summed E-state index contributed by atoms with van der Waals surface area (Å²) in [7, 11) is -2.25. The molecule has 0 radical (unpaired) electrons. The number of aromatic nitrogens is 2. The van der Waals surface area contributed by atoms with Crippen LogP contribution in [0.4, 0.5) is 11.5 Å². The number of H-pyrrole nitrogens is 1. The number of hydrogen-bond donors (Lipinski definition) is 2. The highest BCUT2D eigenvalue weighted by atomic mass is 32.2. The third kappa shape index (κ3) is 3.07. The lowest BCUT2D eigenvalue weighted by Crippen LogP contribution is -2.20. The number of anilines is 2. The van der Waals surface area contributed by atoms with Crippen LogP contribution in [0.25, 0.3) is 22.0 Å². The summed E-state index contributed by atoms with van der Waals surface area (Å²) < 4.78 is 29.0. The molecule has 2 N–H and O–H groups in total. The van der Waals surface area contributed by atoms with E-state index in [1.807, 2.05) is 26.0 Å². The molecule has 7 nitrogen and oxygen atoms in total. The summed E-state index contributed by atoms with van der Waals surface area (Å²) in [6.07, 6.45) is 0. The molecule has 0 saturated heterocycles. The van der Waals surface area contributed by atoms with E-state index in [-0.39, 0.29) is 16.6 Å². The standard InChI is InChI=1S/C23H20N4O3S/c1-13-9-14(2)11-15(10-13)18-12-21(25-24-18)26-31(29,30)20-8-7-19-22-16(20)5-4-6-17(22)23(28)27(19)3/h4-12H,1-3H3,(H2,24,25,26). The molecule has 0 aliphatic carbocycles.